The lowest BCUT2D eigenvalue weighted by Gasteiger charge is -2.40. The van der Waals surface area contributed by atoms with Crippen molar-refractivity contribution in [2.45, 2.75) is 77.5 Å². The van der Waals surface area contributed by atoms with Gasteiger partial charge in [0, 0.05) is 75.0 Å². The number of amides is 1. The number of benzene rings is 1. The van der Waals surface area contributed by atoms with E-state index < -0.39 is 27.9 Å². The maximum atomic E-state index is 14.0. The number of nitrogens with one attached hydrogen (secondary N) is 1. The zero-order valence-electron chi connectivity index (χ0n) is 27.4. The van der Waals surface area contributed by atoms with Crippen molar-refractivity contribution in [1.29, 1.82) is 0 Å². The summed E-state index contributed by atoms with van der Waals surface area (Å²) in [5, 5.41) is 18.6. The average molecular weight is 685 g/mol. The molecule has 2 N–H and O–H groups in total. The van der Waals surface area contributed by atoms with Gasteiger partial charge in [-0.25, -0.2) is 8.42 Å². The van der Waals surface area contributed by atoms with Crippen LogP contribution < -0.4 is 5.32 Å². The lowest BCUT2D eigenvalue weighted by molar-refractivity contribution is -0.138. The minimum absolute atomic E-state index is 0.0239. The standard InChI is InChI=1S/C32H47F3N6O5S/c1-22(2)16-30(43)36-18-24-17-23(4-5-28(24)32(33,34)35)31-27-21-40(47(3,44)45)11-8-29(27)41(37-31)20-26(42)19-38-9-6-25(7-10-38)39-12-14-46-15-13-39/h4-5,17,22,25-26,42H,6-16,18-21H2,1-3H3,(H,36,43). The van der Waals surface area contributed by atoms with E-state index in [1.54, 1.807) is 4.68 Å². The number of nitrogens with zero attached hydrogens (tertiary/aromatic N) is 5. The number of likely N-dealkylation sites (tertiary alicyclic amines) is 1. The fourth-order valence-electron chi connectivity index (χ4n) is 6.90. The number of aliphatic hydroxyl groups excluding tert-OH is 1. The van der Waals surface area contributed by atoms with Crippen LogP contribution in [0.3, 0.4) is 0 Å². The van der Waals surface area contributed by atoms with E-state index in [1.165, 1.54) is 16.4 Å². The molecule has 3 aliphatic rings. The normalized spacial score (nSPS) is 20.0. The molecule has 2 aromatic rings. The van der Waals surface area contributed by atoms with E-state index in [1.807, 2.05) is 13.8 Å². The van der Waals surface area contributed by atoms with Gasteiger partial charge < -0.3 is 20.1 Å². The topological polar surface area (TPSA) is 120 Å². The van der Waals surface area contributed by atoms with Crippen LogP contribution in [0.1, 0.15) is 55.5 Å². The Hall–Kier alpha value is -2.56. The van der Waals surface area contributed by atoms with Crippen LogP contribution in [0.2, 0.25) is 0 Å². The molecule has 15 heteroatoms. The lowest BCUT2D eigenvalue weighted by Crippen LogP contribution is -2.50. The molecule has 2 saturated heterocycles. The highest BCUT2D eigenvalue weighted by atomic mass is 32.2. The number of sulfonamides is 1. The first-order chi connectivity index (χ1) is 22.2. The molecular weight excluding hydrogens is 637 g/mol. The van der Waals surface area contributed by atoms with E-state index in [4.69, 9.17) is 9.84 Å². The number of fused-ring (bicyclic) bond motifs is 1. The van der Waals surface area contributed by atoms with Crippen molar-refractivity contribution < 1.29 is 36.2 Å². The number of piperidine rings is 1. The number of alkyl halides is 3. The number of hydrogen-bond donors (Lipinski definition) is 2. The number of carbonyl (C=O) groups is 1. The number of ether oxygens (including phenoxy) is 1. The lowest BCUT2D eigenvalue weighted by atomic mass is 9.97. The highest BCUT2D eigenvalue weighted by molar-refractivity contribution is 7.88. The second-order valence-electron chi connectivity index (χ2n) is 13.4. The SMILES string of the molecule is CC(C)CC(=O)NCc1cc(-c2nn(CC(O)CN3CCC(N4CCOCC4)CC3)c3c2CN(S(C)(=O)=O)CC3)ccc1C(F)(F)F. The van der Waals surface area contributed by atoms with Crippen LogP contribution in [0.15, 0.2) is 18.2 Å². The Bertz CT molecular complexity index is 1500. The van der Waals surface area contributed by atoms with Crippen LogP contribution in [-0.4, -0.2) is 114 Å². The van der Waals surface area contributed by atoms with Gasteiger partial charge in [-0.15, -0.1) is 0 Å². The van der Waals surface area contributed by atoms with Crippen molar-refractivity contribution >= 4 is 15.9 Å². The van der Waals surface area contributed by atoms with Gasteiger partial charge >= 0.3 is 6.18 Å². The van der Waals surface area contributed by atoms with Crippen molar-refractivity contribution in [2.24, 2.45) is 5.92 Å². The molecule has 0 saturated carbocycles. The number of hydrogen-bond acceptors (Lipinski definition) is 8. The summed E-state index contributed by atoms with van der Waals surface area (Å²) >= 11 is 0. The maximum absolute atomic E-state index is 14.0. The fourth-order valence-corrected chi connectivity index (χ4v) is 7.68. The molecule has 1 aromatic heterocycles. The van der Waals surface area contributed by atoms with Crippen LogP contribution in [0.5, 0.6) is 0 Å². The van der Waals surface area contributed by atoms with Crippen LogP contribution in [0, 0.1) is 5.92 Å². The molecule has 0 aliphatic carbocycles. The molecule has 1 unspecified atom stereocenters. The predicted octanol–water partition coefficient (Wildman–Crippen LogP) is 2.71. The van der Waals surface area contributed by atoms with Gasteiger partial charge in [-0.1, -0.05) is 19.9 Å². The summed E-state index contributed by atoms with van der Waals surface area (Å²) in [5.74, 6) is -0.294. The number of β-amino-alcohol motifs (C(OH)–C–C–N with tert-alkyl or cyclic N) is 1. The number of aromatic nitrogens is 2. The maximum Gasteiger partial charge on any atom is 0.416 e. The molecule has 3 aliphatic heterocycles. The zero-order chi connectivity index (χ0) is 33.9. The molecule has 2 fully saturated rings. The van der Waals surface area contributed by atoms with Crippen molar-refractivity contribution in [2.75, 3.05) is 58.7 Å². The van der Waals surface area contributed by atoms with E-state index in [9.17, 15) is 31.5 Å². The van der Waals surface area contributed by atoms with Crippen molar-refractivity contribution in [3.8, 4) is 11.3 Å². The van der Waals surface area contributed by atoms with E-state index in [0.29, 0.717) is 35.8 Å². The first-order valence-electron chi connectivity index (χ1n) is 16.4. The monoisotopic (exact) mass is 684 g/mol. The highest BCUT2D eigenvalue weighted by Gasteiger charge is 2.35. The Morgan fingerprint density at radius 3 is 2.45 bits per heavy atom. The molecule has 0 bridgehead atoms. The third kappa shape index (κ3) is 9.12. The number of halogens is 3. The van der Waals surface area contributed by atoms with Crippen molar-refractivity contribution in [3.05, 3.63) is 40.6 Å². The molecule has 0 spiro atoms. The predicted molar refractivity (Wildman–Crippen MR) is 171 cm³/mol. The molecule has 5 rings (SSSR count). The van der Waals surface area contributed by atoms with Gasteiger partial charge in [0.2, 0.25) is 15.9 Å². The van der Waals surface area contributed by atoms with Gasteiger partial charge in [-0.2, -0.15) is 22.6 Å². The Morgan fingerprint density at radius 1 is 1.11 bits per heavy atom. The van der Waals surface area contributed by atoms with Gasteiger partial charge in [-0.3, -0.25) is 14.4 Å². The second kappa shape index (κ2) is 14.9. The largest absolute Gasteiger partial charge is 0.416 e. The third-order valence-corrected chi connectivity index (χ3v) is 10.5. The van der Waals surface area contributed by atoms with E-state index in [-0.39, 0.29) is 50.0 Å². The summed E-state index contributed by atoms with van der Waals surface area (Å²) < 4.78 is 75.4. The highest BCUT2D eigenvalue weighted by Crippen LogP contribution is 2.37. The molecule has 1 atom stereocenters. The summed E-state index contributed by atoms with van der Waals surface area (Å²) in [4.78, 5) is 17.0. The first kappa shape index (κ1) is 35.7. The number of aliphatic hydroxyl groups is 1. The second-order valence-corrected chi connectivity index (χ2v) is 15.4. The number of morpholine rings is 1. The molecule has 11 nitrogen and oxygen atoms in total. The summed E-state index contributed by atoms with van der Waals surface area (Å²) in [5.41, 5.74) is 1.16. The molecule has 262 valence electrons. The first-order valence-corrected chi connectivity index (χ1v) is 18.3. The van der Waals surface area contributed by atoms with Crippen LogP contribution in [0.4, 0.5) is 13.2 Å². The molecule has 4 heterocycles. The van der Waals surface area contributed by atoms with E-state index >= 15 is 0 Å². The van der Waals surface area contributed by atoms with Gasteiger partial charge in [-0.05, 0) is 49.5 Å². The van der Waals surface area contributed by atoms with Crippen molar-refractivity contribution in [3.63, 3.8) is 0 Å². The quantitative estimate of drug-likeness (QED) is 0.371. The molecular formula is C32H47F3N6O5S. The van der Waals surface area contributed by atoms with Gasteiger partial charge in [0.1, 0.15) is 0 Å². The Balaban J connectivity index is 1.37. The van der Waals surface area contributed by atoms with Gasteiger partial charge in [0.05, 0.1) is 43.4 Å². The number of rotatable bonds is 11. The van der Waals surface area contributed by atoms with Crippen molar-refractivity contribution in [1.82, 2.24) is 29.2 Å². The summed E-state index contributed by atoms with van der Waals surface area (Å²) in [6.45, 7) is 9.44. The van der Waals surface area contributed by atoms with Gasteiger partial charge in [0.25, 0.3) is 0 Å². The van der Waals surface area contributed by atoms with E-state index in [2.05, 4.69) is 15.1 Å². The molecule has 47 heavy (non-hydrogen) atoms. The van der Waals surface area contributed by atoms with E-state index in [0.717, 1.165) is 70.3 Å². The Labute approximate surface area is 275 Å². The zero-order valence-corrected chi connectivity index (χ0v) is 28.2. The number of carbonyl (C=O) groups excluding carboxylic acids is 1. The third-order valence-electron chi connectivity index (χ3n) is 9.29. The smallest absolute Gasteiger partial charge is 0.390 e. The average Bonchev–Trinajstić information content (AvgIpc) is 3.37. The van der Waals surface area contributed by atoms with Gasteiger partial charge in [0.15, 0.2) is 0 Å². The summed E-state index contributed by atoms with van der Waals surface area (Å²) in [6.07, 6.45) is -1.68. The fraction of sp³-hybridized carbons (Fsp3) is 0.688. The van der Waals surface area contributed by atoms with Crippen LogP contribution in [0.25, 0.3) is 11.3 Å². The Morgan fingerprint density at radius 2 is 1.81 bits per heavy atom. The van der Waals surface area contributed by atoms with Crippen LogP contribution >= 0.6 is 0 Å². The Kier molecular flexibility index (Phi) is 11.3. The minimum Gasteiger partial charge on any atom is -0.390 e. The molecule has 1 amide bonds. The molecule has 1 aromatic carbocycles. The van der Waals surface area contributed by atoms with Crippen LogP contribution in [-0.2, 0) is 51.8 Å². The molecule has 0 radical (unpaired) electrons. The summed E-state index contributed by atoms with van der Waals surface area (Å²) in [6, 6.07) is 4.21. The minimum atomic E-state index is -4.64. The summed E-state index contributed by atoms with van der Waals surface area (Å²) in [7, 11) is -3.54.